The van der Waals surface area contributed by atoms with Gasteiger partial charge in [0.2, 0.25) is 0 Å². The number of benzene rings is 1. The number of fused-ring (bicyclic) bond motifs is 1. The van der Waals surface area contributed by atoms with E-state index in [-0.39, 0.29) is 11.9 Å². The van der Waals surface area contributed by atoms with Crippen LogP contribution in [-0.4, -0.2) is 27.7 Å². The Bertz CT molecular complexity index is 1250. The van der Waals surface area contributed by atoms with E-state index in [0.717, 1.165) is 33.7 Å². The maximum Gasteiger partial charge on any atom is 0.258 e. The molecular weight excluding hydrogens is 376 g/mol. The van der Waals surface area contributed by atoms with E-state index >= 15 is 0 Å². The van der Waals surface area contributed by atoms with Crippen molar-refractivity contribution in [3.63, 3.8) is 0 Å². The molecule has 0 bridgehead atoms. The molecule has 3 aromatic heterocycles. The number of carbonyl (C=O) groups is 1. The second-order valence-electron chi connectivity index (χ2n) is 8.01. The minimum atomic E-state index is -0.101. The summed E-state index contributed by atoms with van der Waals surface area (Å²) in [5, 5.41) is 5.25. The maximum atomic E-state index is 13.6. The molecule has 4 rings (SSSR count). The third-order valence-corrected chi connectivity index (χ3v) is 5.30. The smallest absolute Gasteiger partial charge is 0.258 e. The number of rotatable bonds is 4. The fourth-order valence-corrected chi connectivity index (χ4v) is 3.73. The molecule has 0 aliphatic rings. The third kappa shape index (κ3) is 3.38. The number of furan rings is 1. The van der Waals surface area contributed by atoms with Crippen molar-refractivity contribution in [1.82, 2.24) is 14.8 Å². The lowest BCUT2D eigenvalue weighted by molar-refractivity contribution is 0.0994. The van der Waals surface area contributed by atoms with E-state index in [1.54, 1.807) is 18.1 Å². The van der Waals surface area contributed by atoms with Gasteiger partial charge >= 0.3 is 0 Å². The molecule has 6 nitrogen and oxygen atoms in total. The van der Waals surface area contributed by atoms with Crippen LogP contribution in [0.15, 0.2) is 47.0 Å². The zero-order chi connectivity index (χ0) is 21.6. The third-order valence-electron chi connectivity index (χ3n) is 5.30. The number of aromatic nitrogens is 3. The molecule has 0 aliphatic carbocycles. The summed E-state index contributed by atoms with van der Waals surface area (Å²) in [5.41, 5.74) is 4.81. The van der Waals surface area contributed by atoms with Crippen molar-refractivity contribution in [2.75, 3.05) is 11.9 Å². The zero-order valence-electron chi connectivity index (χ0n) is 18.2. The van der Waals surface area contributed by atoms with Gasteiger partial charge < -0.3 is 9.32 Å². The molecule has 0 saturated carbocycles. The Morgan fingerprint density at radius 3 is 2.53 bits per heavy atom. The fraction of sp³-hybridized carbons (Fsp3) is 0.292. The molecule has 0 radical (unpaired) electrons. The summed E-state index contributed by atoms with van der Waals surface area (Å²) in [6.45, 7) is 9.93. The van der Waals surface area contributed by atoms with Crippen molar-refractivity contribution in [3.8, 4) is 11.3 Å². The van der Waals surface area contributed by atoms with Crippen molar-refractivity contribution < 1.29 is 9.21 Å². The predicted molar refractivity (Wildman–Crippen MR) is 119 cm³/mol. The quantitative estimate of drug-likeness (QED) is 0.454. The summed E-state index contributed by atoms with van der Waals surface area (Å²) < 4.78 is 7.56. The van der Waals surface area contributed by atoms with E-state index in [9.17, 15) is 4.79 Å². The van der Waals surface area contributed by atoms with E-state index in [4.69, 9.17) is 9.40 Å². The van der Waals surface area contributed by atoms with Gasteiger partial charge in [0.25, 0.3) is 5.91 Å². The molecule has 0 spiro atoms. The number of carbonyl (C=O) groups excluding carboxylic acids is 1. The zero-order valence-corrected chi connectivity index (χ0v) is 18.2. The number of hydrogen-bond acceptors (Lipinski definition) is 4. The fourth-order valence-electron chi connectivity index (χ4n) is 3.73. The Balaban J connectivity index is 1.91. The minimum absolute atomic E-state index is 0.101. The first-order valence-corrected chi connectivity index (χ1v) is 10.1. The van der Waals surface area contributed by atoms with Crippen LogP contribution in [0.25, 0.3) is 22.3 Å². The van der Waals surface area contributed by atoms with Crippen LogP contribution in [0.4, 0.5) is 5.69 Å². The predicted octanol–water partition coefficient (Wildman–Crippen LogP) is 5.47. The Hall–Kier alpha value is -3.41. The molecular formula is C24H26N4O2. The number of nitrogens with zero attached hydrogens (tertiary/aromatic N) is 4. The highest BCUT2D eigenvalue weighted by atomic mass is 16.3. The van der Waals surface area contributed by atoms with Crippen LogP contribution in [0.5, 0.6) is 0 Å². The van der Waals surface area contributed by atoms with Crippen LogP contribution < -0.4 is 4.90 Å². The summed E-state index contributed by atoms with van der Waals surface area (Å²) in [7, 11) is 1.79. The lowest BCUT2D eigenvalue weighted by Gasteiger charge is -2.19. The normalized spacial score (nSPS) is 11.4. The van der Waals surface area contributed by atoms with Gasteiger partial charge in [-0.3, -0.25) is 4.79 Å². The first kappa shape index (κ1) is 19.9. The van der Waals surface area contributed by atoms with Gasteiger partial charge in [-0.1, -0.05) is 12.1 Å². The van der Waals surface area contributed by atoms with Crippen LogP contribution in [-0.2, 0) is 0 Å². The van der Waals surface area contributed by atoms with E-state index in [1.165, 1.54) is 0 Å². The molecule has 6 heteroatoms. The first-order chi connectivity index (χ1) is 14.3. The number of pyridine rings is 1. The van der Waals surface area contributed by atoms with Crippen LogP contribution in [0.2, 0.25) is 0 Å². The minimum Gasteiger partial charge on any atom is -0.466 e. The van der Waals surface area contributed by atoms with Gasteiger partial charge in [0.15, 0.2) is 5.65 Å². The molecule has 1 amide bonds. The molecule has 154 valence electrons. The molecule has 3 heterocycles. The van der Waals surface area contributed by atoms with Crippen LogP contribution in [0.3, 0.4) is 0 Å². The van der Waals surface area contributed by atoms with Gasteiger partial charge in [0.1, 0.15) is 11.5 Å². The van der Waals surface area contributed by atoms with Crippen LogP contribution in [0, 0.1) is 20.8 Å². The average Bonchev–Trinajstić information content (AvgIpc) is 3.28. The van der Waals surface area contributed by atoms with Gasteiger partial charge in [0, 0.05) is 24.3 Å². The molecule has 1 aromatic carbocycles. The average molecular weight is 402 g/mol. The summed E-state index contributed by atoms with van der Waals surface area (Å²) in [4.78, 5) is 20.1. The van der Waals surface area contributed by atoms with Crippen molar-refractivity contribution in [2.24, 2.45) is 0 Å². The highest BCUT2D eigenvalue weighted by Gasteiger charge is 2.23. The Morgan fingerprint density at radius 2 is 1.90 bits per heavy atom. The second kappa shape index (κ2) is 7.44. The Labute approximate surface area is 176 Å². The summed E-state index contributed by atoms with van der Waals surface area (Å²) in [6, 6.07) is 11.8. The monoisotopic (exact) mass is 402 g/mol. The molecule has 0 fully saturated rings. The summed E-state index contributed by atoms with van der Waals surface area (Å²) in [6.07, 6.45) is 1.73. The van der Waals surface area contributed by atoms with Crippen molar-refractivity contribution in [1.29, 1.82) is 0 Å². The van der Waals surface area contributed by atoms with Crippen LogP contribution in [0.1, 0.15) is 47.3 Å². The molecule has 0 saturated heterocycles. The molecule has 0 unspecified atom stereocenters. The van der Waals surface area contributed by atoms with Gasteiger partial charge in [-0.15, -0.1) is 0 Å². The standard InChI is InChI=1S/C24H26N4O2/c1-14(2)28-23-21(13-25-28)20(12-22(26-23)19-11-16(4)30-17(19)5)24(29)27(6)18-9-7-8-15(3)10-18/h7-14H,1-6H3. The maximum absolute atomic E-state index is 13.6. The number of hydrogen-bond donors (Lipinski definition) is 0. The second-order valence-corrected chi connectivity index (χ2v) is 8.01. The highest BCUT2D eigenvalue weighted by Crippen LogP contribution is 2.31. The van der Waals surface area contributed by atoms with E-state index in [2.05, 4.69) is 18.9 Å². The highest BCUT2D eigenvalue weighted by molar-refractivity contribution is 6.13. The van der Waals surface area contributed by atoms with E-state index in [0.29, 0.717) is 16.9 Å². The van der Waals surface area contributed by atoms with Crippen LogP contribution >= 0.6 is 0 Å². The number of amides is 1. The lowest BCUT2D eigenvalue weighted by atomic mass is 10.1. The first-order valence-electron chi connectivity index (χ1n) is 10.1. The van der Waals surface area contributed by atoms with Crippen molar-refractivity contribution >= 4 is 22.6 Å². The van der Waals surface area contributed by atoms with Crippen molar-refractivity contribution in [2.45, 2.75) is 40.7 Å². The van der Waals surface area contributed by atoms with Gasteiger partial charge in [0.05, 0.1) is 22.8 Å². The summed E-state index contributed by atoms with van der Waals surface area (Å²) in [5.74, 6) is 1.49. The largest absolute Gasteiger partial charge is 0.466 e. The number of anilines is 1. The van der Waals surface area contributed by atoms with Gasteiger partial charge in [-0.05, 0) is 64.4 Å². The van der Waals surface area contributed by atoms with Gasteiger partial charge in [-0.2, -0.15) is 5.10 Å². The summed E-state index contributed by atoms with van der Waals surface area (Å²) >= 11 is 0. The molecule has 0 N–H and O–H groups in total. The van der Waals surface area contributed by atoms with Gasteiger partial charge in [-0.25, -0.2) is 9.67 Å². The SMILES string of the molecule is Cc1cccc(N(C)C(=O)c2cc(-c3cc(C)oc3C)nc3c2cnn3C(C)C)c1. The molecule has 0 atom stereocenters. The lowest BCUT2D eigenvalue weighted by Crippen LogP contribution is -2.26. The molecule has 4 aromatic rings. The van der Waals surface area contributed by atoms with E-state index < -0.39 is 0 Å². The molecule has 0 aliphatic heterocycles. The van der Waals surface area contributed by atoms with E-state index in [1.807, 2.05) is 61.9 Å². The Morgan fingerprint density at radius 1 is 1.13 bits per heavy atom. The molecule has 30 heavy (non-hydrogen) atoms. The Kier molecular flexibility index (Phi) is 4.94. The topological polar surface area (TPSA) is 64.2 Å². The van der Waals surface area contributed by atoms with Crippen molar-refractivity contribution in [3.05, 3.63) is 65.2 Å². The number of aryl methyl sites for hydroxylation is 3.